The van der Waals surface area contributed by atoms with Crippen LogP contribution in [0.15, 0.2) is 29.4 Å². The van der Waals surface area contributed by atoms with E-state index in [0.717, 1.165) is 35.4 Å². The fourth-order valence-corrected chi connectivity index (χ4v) is 2.27. The maximum absolute atomic E-state index is 13.2. The number of aliphatic imine (C=N–C) groups is 1. The van der Waals surface area contributed by atoms with Crippen LogP contribution in [0.1, 0.15) is 19.4 Å². The van der Waals surface area contributed by atoms with E-state index in [4.69, 9.17) is 4.74 Å². The summed E-state index contributed by atoms with van der Waals surface area (Å²) in [7, 11) is 3.43. The first-order valence-corrected chi connectivity index (χ1v) is 7.70. The Balaban J connectivity index is 1.87. The van der Waals surface area contributed by atoms with E-state index in [9.17, 15) is 4.39 Å². The first-order chi connectivity index (χ1) is 10.9. The number of halogens is 1. The van der Waals surface area contributed by atoms with Crippen molar-refractivity contribution in [1.29, 1.82) is 0 Å². The second kappa shape index (κ2) is 7.46. The third kappa shape index (κ3) is 4.69. The number of hydrogen-bond acceptors (Lipinski definition) is 2. The van der Waals surface area contributed by atoms with Gasteiger partial charge < -0.3 is 20.4 Å². The largest absolute Gasteiger partial charge is 0.377 e. The molecule has 0 fully saturated rings. The van der Waals surface area contributed by atoms with Gasteiger partial charge in [-0.05, 0) is 44.0 Å². The quantitative estimate of drug-likeness (QED) is 0.566. The zero-order chi connectivity index (χ0) is 16.9. The van der Waals surface area contributed by atoms with Crippen molar-refractivity contribution in [2.75, 3.05) is 27.2 Å². The van der Waals surface area contributed by atoms with Crippen LogP contribution in [0.3, 0.4) is 0 Å². The molecule has 1 aromatic heterocycles. The second-order valence-electron chi connectivity index (χ2n) is 6.07. The molecule has 1 heterocycles. The van der Waals surface area contributed by atoms with Crippen LogP contribution in [0, 0.1) is 5.82 Å². The van der Waals surface area contributed by atoms with Gasteiger partial charge in [-0.3, -0.25) is 4.99 Å². The van der Waals surface area contributed by atoms with Crippen LogP contribution in [0.5, 0.6) is 0 Å². The summed E-state index contributed by atoms with van der Waals surface area (Å²) in [4.78, 5) is 7.30. The molecule has 0 atom stereocenters. The van der Waals surface area contributed by atoms with E-state index in [0.29, 0.717) is 6.54 Å². The molecule has 2 aromatic rings. The van der Waals surface area contributed by atoms with E-state index in [-0.39, 0.29) is 11.4 Å². The molecule has 0 bridgehead atoms. The monoisotopic (exact) mass is 320 g/mol. The molecular weight excluding hydrogens is 295 g/mol. The lowest BCUT2D eigenvalue weighted by molar-refractivity contribution is 0.0268. The Morgan fingerprint density at radius 3 is 2.83 bits per heavy atom. The van der Waals surface area contributed by atoms with Gasteiger partial charge in [-0.15, -0.1) is 0 Å². The zero-order valence-electron chi connectivity index (χ0n) is 14.2. The molecular formula is C17H25FN4O. The molecule has 0 saturated carbocycles. The highest BCUT2D eigenvalue weighted by Crippen LogP contribution is 2.19. The Bertz CT molecular complexity index is 678. The molecule has 0 radical (unpaired) electrons. The lowest BCUT2D eigenvalue weighted by Crippen LogP contribution is -2.45. The summed E-state index contributed by atoms with van der Waals surface area (Å²) in [5.74, 6) is 0.510. The Morgan fingerprint density at radius 1 is 1.35 bits per heavy atom. The molecule has 6 heteroatoms. The van der Waals surface area contributed by atoms with E-state index in [2.05, 4.69) is 20.6 Å². The highest BCUT2D eigenvalue weighted by molar-refractivity contribution is 5.83. The Hall–Kier alpha value is -2.08. The minimum absolute atomic E-state index is 0.227. The number of methoxy groups -OCH3 is 1. The Morgan fingerprint density at radius 2 is 2.13 bits per heavy atom. The van der Waals surface area contributed by atoms with Crippen molar-refractivity contribution in [1.82, 2.24) is 15.6 Å². The van der Waals surface area contributed by atoms with E-state index in [1.54, 1.807) is 14.2 Å². The lowest BCUT2D eigenvalue weighted by Gasteiger charge is -2.24. The fourth-order valence-electron chi connectivity index (χ4n) is 2.27. The van der Waals surface area contributed by atoms with E-state index in [1.165, 1.54) is 12.1 Å². The molecule has 0 saturated heterocycles. The van der Waals surface area contributed by atoms with Crippen LogP contribution >= 0.6 is 0 Å². The molecule has 0 unspecified atom stereocenters. The van der Waals surface area contributed by atoms with Gasteiger partial charge in [0, 0.05) is 44.3 Å². The Kier molecular flexibility index (Phi) is 5.60. The van der Waals surface area contributed by atoms with Crippen LogP contribution in [-0.2, 0) is 11.2 Å². The van der Waals surface area contributed by atoms with E-state index in [1.807, 2.05) is 26.1 Å². The number of hydrogen-bond donors (Lipinski definition) is 3. The number of ether oxygens (including phenoxy) is 1. The summed E-state index contributed by atoms with van der Waals surface area (Å²) < 4.78 is 18.6. The number of nitrogens with zero attached hydrogens (tertiary/aromatic N) is 1. The molecule has 2 rings (SSSR count). The third-order valence-corrected chi connectivity index (χ3v) is 3.87. The van der Waals surface area contributed by atoms with E-state index < -0.39 is 0 Å². The predicted octanol–water partition coefficient (Wildman–Crippen LogP) is 2.44. The fraction of sp³-hybridized carbons (Fsp3) is 0.471. The standard InChI is InChI=1S/C17H25FN4O/c1-17(2,23-4)11-22-16(19-3)20-8-7-12-10-21-15-9-13(18)5-6-14(12)15/h5-6,9-10,21H,7-8,11H2,1-4H3,(H2,19,20,22). The van der Waals surface area contributed by atoms with Gasteiger partial charge in [0.2, 0.25) is 0 Å². The smallest absolute Gasteiger partial charge is 0.191 e. The molecule has 0 amide bonds. The number of guanidine groups is 1. The van der Waals surface area contributed by atoms with Gasteiger partial charge in [0.25, 0.3) is 0 Å². The van der Waals surface area contributed by atoms with Crippen LogP contribution in [0.2, 0.25) is 0 Å². The minimum Gasteiger partial charge on any atom is -0.377 e. The molecule has 0 aliphatic heterocycles. The van der Waals surface area contributed by atoms with Crippen LogP contribution in [0.4, 0.5) is 4.39 Å². The second-order valence-corrected chi connectivity index (χ2v) is 6.07. The zero-order valence-corrected chi connectivity index (χ0v) is 14.2. The van der Waals surface area contributed by atoms with Crippen LogP contribution < -0.4 is 10.6 Å². The van der Waals surface area contributed by atoms with Gasteiger partial charge in [0.1, 0.15) is 5.82 Å². The average Bonchev–Trinajstić information content (AvgIpc) is 2.92. The van der Waals surface area contributed by atoms with Gasteiger partial charge in [-0.25, -0.2) is 4.39 Å². The highest BCUT2D eigenvalue weighted by atomic mass is 19.1. The number of benzene rings is 1. The first kappa shape index (κ1) is 17.3. The van der Waals surface area contributed by atoms with Crippen LogP contribution in [0.25, 0.3) is 10.9 Å². The summed E-state index contributed by atoms with van der Waals surface area (Å²) >= 11 is 0. The SMILES string of the molecule is CN=C(NCCc1c[nH]c2cc(F)ccc12)NCC(C)(C)OC. The molecule has 3 N–H and O–H groups in total. The highest BCUT2D eigenvalue weighted by Gasteiger charge is 2.16. The normalized spacial score (nSPS) is 12.7. The van der Waals surface area contributed by atoms with Gasteiger partial charge in [0.05, 0.1) is 5.60 Å². The predicted molar refractivity (Wildman–Crippen MR) is 92.4 cm³/mol. The molecule has 0 aliphatic carbocycles. The maximum Gasteiger partial charge on any atom is 0.191 e. The van der Waals surface area contributed by atoms with Crippen molar-refractivity contribution < 1.29 is 9.13 Å². The molecule has 5 nitrogen and oxygen atoms in total. The van der Waals surface area contributed by atoms with Crippen molar-refractivity contribution >= 4 is 16.9 Å². The number of nitrogens with one attached hydrogen (secondary N) is 3. The van der Waals surface area contributed by atoms with Gasteiger partial charge in [-0.1, -0.05) is 0 Å². The van der Waals surface area contributed by atoms with Crippen molar-refractivity contribution in [2.45, 2.75) is 25.9 Å². The molecule has 0 spiro atoms. The first-order valence-electron chi connectivity index (χ1n) is 7.70. The number of aromatic nitrogens is 1. The summed E-state index contributed by atoms with van der Waals surface area (Å²) in [5, 5.41) is 7.57. The van der Waals surface area contributed by atoms with Crippen molar-refractivity contribution in [2.24, 2.45) is 4.99 Å². The number of fused-ring (bicyclic) bond motifs is 1. The van der Waals surface area contributed by atoms with Crippen molar-refractivity contribution in [3.8, 4) is 0 Å². The maximum atomic E-state index is 13.2. The number of H-pyrrole nitrogens is 1. The minimum atomic E-state index is -0.251. The summed E-state index contributed by atoms with van der Waals surface area (Å²) in [6, 6.07) is 4.81. The van der Waals surface area contributed by atoms with Crippen molar-refractivity contribution in [3.05, 3.63) is 35.8 Å². The summed E-state index contributed by atoms with van der Waals surface area (Å²) in [5.41, 5.74) is 1.72. The average molecular weight is 320 g/mol. The lowest BCUT2D eigenvalue weighted by atomic mass is 10.1. The number of rotatable bonds is 6. The van der Waals surface area contributed by atoms with E-state index >= 15 is 0 Å². The Labute approximate surface area is 136 Å². The number of aromatic amines is 1. The summed E-state index contributed by atoms with van der Waals surface area (Å²) in [6.45, 7) is 5.42. The third-order valence-electron chi connectivity index (χ3n) is 3.87. The summed E-state index contributed by atoms with van der Waals surface area (Å²) in [6.07, 6.45) is 2.75. The topological polar surface area (TPSA) is 61.4 Å². The molecule has 1 aromatic carbocycles. The van der Waals surface area contributed by atoms with Gasteiger partial charge in [-0.2, -0.15) is 0 Å². The van der Waals surface area contributed by atoms with Crippen LogP contribution in [-0.4, -0.2) is 43.8 Å². The van der Waals surface area contributed by atoms with Gasteiger partial charge >= 0.3 is 0 Å². The molecule has 0 aliphatic rings. The van der Waals surface area contributed by atoms with Gasteiger partial charge in [0.15, 0.2) is 5.96 Å². The van der Waals surface area contributed by atoms with Crippen molar-refractivity contribution in [3.63, 3.8) is 0 Å². The molecule has 126 valence electrons. The molecule has 23 heavy (non-hydrogen) atoms.